The molecule has 1 aliphatic rings. The van der Waals surface area contributed by atoms with Crippen molar-refractivity contribution in [1.82, 2.24) is 10.3 Å². The molecule has 2 amide bonds. The first-order valence-corrected chi connectivity index (χ1v) is 10.5. The van der Waals surface area contributed by atoms with Gasteiger partial charge in [0.15, 0.2) is 0 Å². The number of para-hydroxylation sites is 1. The van der Waals surface area contributed by atoms with E-state index in [4.69, 9.17) is 9.15 Å². The molecule has 0 spiro atoms. The van der Waals surface area contributed by atoms with Gasteiger partial charge in [0.1, 0.15) is 17.9 Å². The fraction of sp³-hybridized carbons (Fsp3) is 0.0370. The number of furan rings is 1. The normalized spacial score (nSPS) is 13.8. The summed E-state index contributed by atoms with van der Waals surface area (Å²) in [5.41, 5.74) is 4.41. The van der Waals surface area contributed by atoms with Crippen LogP contribution in [-0.2, 0) is 16.2 Å². The summed E-state index contributed by atoms with van der Waals surface area (Å²) in [5, 5.41) is 4.02. The van der Waals surface area contributed by atoms with E-state index in [-0.39, 0.29) is 0 Å². The Hall–Kier alpha value is -4.58. The standard InChI is InChI=1S/C27H18N2O4/c30-26-24(25(27(31)29-26)21-15-33-23-9-5-4-8-18(21)23)20-13-28-22-11-10-17(12-19(20)22)32-14-16-6-2-1-3-7-16/h1-13,15,28H,14H2,(H,29,30,31). The number of carbonyl (C=O) groups excluding carboxylic acids is 2. The molecule has 1 aliphatic heterocycles. The lowest BCUT2D eigenvalue weighted by Crippen LogP contribution is -2.22. The Morgan fingerprint density at radius 1 is 0.788 bits per heavy atom. The first kappa shape index (κ1) is 19.1. The highest BCUT2D eigenvalue weighted by molar-refractivity contribution is 6.50. The third kappa shape index (κ3) is 3.20. The van der Waals surface area contributed by atoms with E-state index in [1.165, 1.54) is 6.26 Å². The number of aromatic amines is 1. The molecule has 0 atom stereocenters. The van der Waals surface area contributed by atoms with E-state index in [0.29, 0.717) is 40.2 Å². The lowest BCUT2D eigenvalue weighted by Gasteiger charge is -2.07. The van der Waals surface area contributed by atoms with Crippen LogP contribution < -0.4 is 10.1 Å². The van der Waals surface area contributed by atoms with E-state index in [1.54, 1.807) is 6.20 Å². The SMILES string of the molecule is O=C1NC(=O)C(c2coc3ccccc23)=C1c1c[nH]c2ccc(OCc3ccccc3)cc12. The minimum absolute atomic E-state index is 0.307. The van der Waals surface area contributed by atoms with E-state index < -0.39 is 11.8 Å². The molecule has 3 aromatic carbocycles. The van der Waals surface area contributed by atoms with Crippen molar-refractivity contribution in [3.05, 3.63) is 102 Å². The molecule has 6 nitrogen and oxygen atoms in total. The maximum atomic E-state index is 12.9. The fourth-order valence-corrected chi connectivity index (χ4v) is 4.28. The van der Waals surface area contributed by atoms with E-state index in [2.05, 4.69) is 10.3 Å². The van der Waals surface area contributed by atoms with Crippen molar-refractivity contribution in [3.63, 3.8) is 0 Å². The summed E-state index contributed by atoms with van der Waals surface area (Å²) in [4.78, 5) is 28.9. The predicted molar refractivity (Wildman–Crippen MR) is 125 cm³/mol. The number of hydrogen-bond donors (Lipinski definition) is 2. The Bertz CT molecular complexity index is 1570. The number of nitrogens with one attached hydrogen (secondary N) is 2. The summed E-state index contributed by atoms with van der Waals surface area (Å²) in [6.45, 7) is 0.431. The first-order chi connectivity index (χ1) is 16.2. The number of rotatable bonds is 5. The van der Waals surface area contributed by atoms with Gasteiger partial charge in [-0.2, -0.15) is 0 Å². The van der Waals surface area contributed by atoms with Gasteiger partial charge in [0, 0.05) is 33.6 Å². The van der Waals surface area contributed by atoms with Gasteiger partial charge in [0.05, 0.1) is 17.4 Å². The van der Waals surface area contributed by atoms with Gasteiger partial charge in [0.25, 0.3) is 11.8 Å². The number of aromatic nitrogens is 1. The Labute approximate surface area is 188 Å². The van der Waals surface area contributed by atoms with Crippen LogP contribution in [0.4, 0.5) is 0 Å². The zero-order chi connectivity index (χ0) is 22.4. The molecule has 0 bridgehead atoms. The minimum atomic E-state index is -0.438. The topological polar surface area (TPSA) is 84.3 Å². The molecule has 33 heavy (non-hydrogen) atoms. The zero-order valence-corrected chi connectivity index (χ0v) is 17.4. The monoisotopic (exact) mass is 434 g/mol. The minimum Gasteiger partial charge on any atom is -0.489 e. The molecule has 0 aliphatic carbocycles. The number of imide groups is 1. The van der Waals surface area contributed by atoms with Crippen LogP contribution in [0.3, 0.4) is 0 Å². The second-order valence-electron chi connectivity index (χ2n) is 7.86. The third-order valence-corrected chi connectivity index (χ3v) is 5.85. The molecule has 0 fully saturated rings. The fourth-order valence-electron chi connectivity index (χ4n) is 4.28. The Kier molecular flexibility index (Phi) is 4.36. The lowest BCUT2D eigenvalue weighted by atomic mass is 9.95. The molecule has 0 radical (unpaired) electrons. The number of fused-ring (bicyclic) bond motifs is 2. The van der Waals surface area contributed by atoms with Gasteiger partial charge in [-0.25, -0.2) is 0 Å². The van der Waals surface area contributed by atoms with Gasteiger partial charge in [-0.3, -0.25) is 14.9 Å². The summed E-state index contributed by atoms with van der Waals surface area (Å²) < 4.78 is 11.6. The molecular formula is C27H18N2O4. The van der Waals surface area contributed by atoms with E-state index in [9.17, 15) is 9.59 Å². The van der Waals surface area contributed by atoms with Crippen molar-refractivity contribution in [3.8, 4) is 5.75 Å². The average molecular weight is 434 g/mol. The molecule has 0 unspecified atom stereocenters. The van der Waals surface area contributed by atoms with Crippen LogP contribution in [0.2, 0.25) is 0 Å². The van der Waals surface area contributed by atoms with Crippen molar-refractivity contribution < 1.29 is 18.7 Å². The van der Waals surface area contributed by atoms with Crippen LogP contribution in [0, 0.1) is 0 Å². The molecule has 2 aromatic heterocycles. The molecule has 5 aromatic rings. The highest BCUT2D eigenvalue weighted by Gasteiger charge is 2.35. The number of carbonyl (C=O) groups is 2. The summed E-state index contributed by atoms with van der Waals surface area (Å²) in [5.74, 6) is -0.197. The van der Waals surface area contributed by atoms with Gasteiger partial charge >= 0.3 is 0 Å². The van der Waals surface area contributed by atoms with Gasteiger partial charge < -0.3 is 14.1 Å². The molecular weight excluding hydrogens is 416 g/mol. The van der Waals surface area contributed by atoms with Crippen LogP contribution in [0.25, 0.3) is 33.0 Å². The Morgan fingerprint density at radius 3 is 2.39 bits per heavy atom. The van der Waals surface area contributed by atoms with E-state index in [0.717, 1.165) is 21.9 Å². The average Bonchev–Trinajstić information content (AvgIpc) is 3.52. The smallest absolute Gasteiger partial charge is 0.259 e. The maximum absolute atomic E-state index is 12.9. The Morgan fingerprint density at radius 2 is 1.55 bits per heavy atom. The van der Waals surface area contributed by atoms with Crippen molar-refractivity contribution in [2.45, 2.75) is 6.61 Å². The first-order valence-electron chi connectivity index (χ1n) is 10.5. The number of amides is 2. The number of ether oxygens (including phenoxy) is 1. The molecule has 2 N–H and O–H groups in total. The zero-order valence-electron chi connectivity index (χ0n) is 17.4. The summed E-state index contributed by atoms with van der Waals surface area (Å²) in [7, 11) is 0. The van der Waals surface area contributed by atoms with E-state index in [1.807, 2.05) is 72.8 Å². The molecule has 160 valence electrons. The van der Waals surface area contributed by atoms with Crippen LogP contribution in [0.15, 0.2) is 89.7 Å². The third-order valence-electron chi connectivity index (χ3n) is 5.85. The Balaban J connectivity index is 1.46. The van der Waals surface area contributed by atoms with Crippen molar-refractivity contribution in [2.75, 3.05) is 0 Å². The van der Waals surface area contributed by atoms with Crippen LogP contribution in [0.1, 0.15) is 16.7 Å². The quantitative estimate of drug-likeness (QED) is 0.379. The van der Waals surface area contributed by atoms with Crippen LogP contribution in [0.5, 0.6) is 5.75 Å². The molecule has 6 rings (SSSR count). The lowest BCUT2D eigenvalue weighted by molar-refractivity contribution is -0.122. The number of hydrogen-bond acceptors (Lipinski definition) is 4. The predicted octanol–water partition coefficient (Wildman–Crippen LogP) is 5.06. The molecule has 6 heteroatoms. The summed E-state index contributed by atoms with van der Waals surface area (Å²) in [6, 6.07) is 23.0. The van der Waals surface area contributed by atoms with E-state index >= 15 is 0 Å². The summed E-state index contributed by atoms with van der Waals surface area (Å²) >= 11 is 0. The van der Waals surface area contributed by atoms with Crippen molar-refractivity contribution in [2.24, 2.45) is 0 Å². The van der Waals surface area contributed by atoms with Gasteiger partial charge in [-0.15, -0.1) is 0 Å². The summed E-state index contributed by atoms with van der Waals surface area (Å²) in [6.07, 6.45) is 3.28. The molecule has 0 saturated heterocycles. The maximum Gasteiger partial charge on any atom is 0.259 e. The number of benzene rings is 3. The highest BCUT2D eigenvalue weighted by atomic mass is 16.5. The molecule has 3 heterocycles. The van der Waals surface area contributed by atoms with Gasteiger partial charge in [-0.1, -0.05) is 48.5 Å². The largest absolute Gasteiger partial charge is 0.489 e. The number of H-pyrrole nitrogens is 1. The van der Waals surface area contributed by atoms with Gasteiger partial charge in [0.2, 0.25) is 0 Å². The van der Waals surface area contributed by atoms with Crippen LogP contribution in [-0.4, -0.2) is 16.8 Å². The second-order valence-corrected chi connectivity index (χ2v) is 7.86. The van der Waals surface area contributed by atoms with Crippen LogP contribution >= 0.6 is 0 Å². The van der Waals surface area contributed by atoms with Gasteiger partial charge in [-0.05, 0) is 29.8 Å². The second kappa shape index (κ2) is 7.53. The molecule has 0 saturated carbocycles. The van der Waals surface area contributed by atoms with Crippen molar-refractivity contribution >= 4 is 44.8 Å². The highest BCUT2D eigenvalue weighted by Crippen LogP contribution is 2.38. The van der Waals surface area contributed by atoms with Crippen molar-refractivity contribution in [1.29, 1.82) is 0 Å².